The second-order valence-electron chi connectivity index (χ2n) is 6.84. The fraction of sp³-hybridized carbons (Fsp3) is 0.478. The van der Waals surface area contributed by atoms with Gasteiger partial charge in [-0.25, -0.2) is 0 Å². The van der Waals surface area contributed by atoms with Crippen molar-refractivity contribution in [2.45, 2.75) is 70.6 Å². The van der Waals surface area contributed by atoms with Gasteiger partial charge in [-0.3, -0.25) is 0 Å². The summed E-state index contributed by atoms with van der Waals surface area (Å²) < 4.78 is 25.2. The van der Waals surface area contributed by atoms with E-state index in [1.807, 2.05) is 55.5 Å². The summed E-state index contributed by atoms with van der Waals surface area (Å²) in [5.74, 6) is 0. The largest absolute Gasteiger partial charge is 0.342 e. The van der Waals surface area contributed by atoms with Gasteiger partial charge in [-0.15, -0.1) is 0 Å². The Bertz CT molecular complexity index is 666. The highest BCUT2D eigenvalue weighted by atomic mass is 16.8. The molecule has 6 atom stereocenters. The smallest absolute Gasteiger partial charge is 0.184 e. The van der Waals surface area contributed by atoms with Crippen molar-refractivity contribution in [2.75, 3.05) is 0 Å². The van der Waals surface area contributed by atoms with E-state index >= 15 is 0 Å². The average molecular weight is 370 g/mol. The maximum absolute atomic E-state index is 6.32. The first-order valence-corrected chi connectivity index (χ1v) is 9.83. The number of allylic oxidation sites excluding steroid dienone is 3. The molecule has 0 amide bonds. The molecule has 0 aromatic heterocycles. The molecule has 0 aliphatic carbocycles. The Kier molecular flexibility index (Phi) is 7.02. The van der Waals surface area contributed by atoms with E-state index in [1.54, 1.807) is 6.08 Å². The Labute approximate surface area is 162 Å². The number of hydrogen-bond acceptors (Lipinski definition) is 4. The maximum atomic E-state index is 6.32. The molecule has 0 radical (unpaired) electrons. The van der Waals surface area contributed by atoms with Crippen molar-refractivity contribution in [3.63, 3.8) is 0 Å². The highest BCUT2D eigenvalue weighted by molar-refractivity contribution is 5.25. The molecule has 0 N–H and O–H groups in total. The minimum absolute atomic E-state index is 0.0535. The fourth-order valence-corrected chi connectivity index (χ4v) is 3.61. The molecule has 2 saturated heterocycles. The highest BCUT2D eigenvalue weighted by Crippen LogP contribution is 2.39. The molecule has 5 unspecified atom stereocenters. The van der Waals surface area contributed by atoms with Gasteiger partial charge in [0.05, 0.1) is 12.2 Å². The van der Waals surface area contributed by atoms with Gasteiger partial charge in [-0.2, -0.15) is 0 Å². The fourth-order valence-electron chi connectivity index (χ4n) is 3.61. The van der Waals surface area contributed by atoms with Crippen LogP contribution >= 0.6 is 0 Å². The molecule has 0 spiro atoms. The van der Waals surface area contributed by atoms with Crippen molar-refractivity contribution < 1.29 is 18.9 Å². The third-order valence-corrected chi connectivity index (χ3v) is 5.08. The van der Waals surface area contributed by atoms with Crippen LogP contribution in [0.1, 0.15) is 45.5 Å². The van der Waals surface area contributed by atoms with Gasteiger partial charge in [0.1, 0.15) is 12.2 Å². The Morgan fingerprint density at radius 2 is 1.63 bits per heavy atom. The van der Waals surface area contributed by atoms with E-state index in [2.05, 4.69) is 20.4 Å². The first kappa shape index (κ1) is 20.0. The van der Waals surface area contributed by atoms with Crippen LogP contribution in [-0.4, -0.2) is 30.7 Å². The molecule has 2 aliphatic heterocycles. The lowest BCUT2D eigenvalue weighted by molar-refractivity contribution is -0.372. The van der Waals surface area contributed by atoms with E-state index < -0.39 is 12.6 Å². The lowest BCUT2D eigenvalue weighted by Gasteiger charge is -2.49. The Morgan fingerprint density at radius 1 is 0.963 bits per heavy atom. The van der Waals surface area contributed by atoms with Gasteiger partial charge in [0.2, 0.25) is 0 Å². The monoisotopic (exact) mass is 370 g/mol. The van der Waals surface area contributed by atoms with E-state index in [-0.39, 0.29) is 24.4 Å². The normalized spacial score (nSPS) is 34.4. The predicted octanol–water partition coefficient (Wildman–Crippen LogP) is 5.09. The number of fused-ring (bicyclic) bond motifs is 1. The van der Waals surface area contributed by atoms with Crippen LogP contribution in [0.3, 0.4) is 0 Å². The molecule has 0 bridgehead atoms. The first-order valence-electron chi connectivity index (χ1n) is 9.83. The Morgan fingerprint density at radius 3 is 2.26 bits per heavy atom. The summed E-state index contributed by atoms with van der Waals surface area (Å²) in [6, 6.07) is 10.0. The molecule has 27 heavy (non-hydrogen) atoms. The zero-order chi connectivity index (χ0) is 19.2. The van der Waals surface area contributed by atoms with Gasteiger partial charge in [-0.05, 0) is 19.8 Å². The molecule has 2 fully saturated rings. The van der Waals surface area contributed by atoms with Crippen LogP contribution < -0.4 is 0 Å². The van der Waals surface area contributed by atoms with Crippen molar-refractivity contribution in [3.05, 3.63) is 72.4 Å². The Hall–Kier alpha value is -1.72. The van der Waals surface area contributed by atoms with Crippen LogP contribution in [0.25, 0.3) is 0 Å². The molecule has 1 aromatic carbocycles. The van der Waals surface area contributed by atoms with Gasteiger partial charge in [0.25, 0.3) is 0 Å². The number of ether oxygens (including phenoxy) is 4. The standard InChI is InChI=1S/C23H30O4/c1-5-9-13-16(6-2)22-24-18(7-3)21-20(26-22)19(8-4)25-23(27-21)17-14-11-10-12-15-17/h5-6,9-15,18-23H,2,7-8H2,1,3-4H3/b9-5-,16-13+/t18-,19?,20?,21?,22?,23?/m1/s1. The van der Waals surface area contributed by atoms with E-state index in [1.165, 1.54) is 0 Å². The molecule has 2 heterocycles. The molecule has 146 valence electrons. The van der Waals surface area contributed by atoms with E-state index in [0.29, 0.717) is 0 Å². The molecule has 0 saturated carbocycles. The molecule has 2 aliphatic rings. The van der Waals surface area contributed by atoms with Crippen LogP contribution in [0, 0.1) is 0 Å². The summed E-state index contributed by atoms with van der Waals surface area (Å²) in [6.45, 7) is 10.1. The third kappa shape index (κ3) is 4.41. The molecule has 1 aromatic rings. The van der Waals surface area contributed by atoms with Gasteiger partial charge >= 0.3 is 0 Å². The second kappa shape index (κ2) is 9.47. The molecular formula is C23H30O4. The van der Waals surface area contributed by atoms with Crippen LogP contribution in [0.15, 0.2) is 66.8 Å². The first-order chi connectivity index (χ1) is 13.2. The average Bonchev–Trinajstić information content (AvgIpc) is 2.73. The van der Waals surface area contributed by atoms with Crippen molar-refractivity contribution in [1.29, 1.82) is 0 Å². The minimum atomic E-state index is -0.459. The minimum Gasteiger partial charge on any atom is -0.342 e. The van der Waals surface area contributed by atoms with Gasteiger partial charge in [0, 0.05) is 11.1 Å². The van der Waals surface area contributed by atoms with Crippen molar-refractivity contribution in [2.24, 2.45) is 0 Å². The van der Waals surface area contributed by atoms with Crippen LogP contribution in [-0.2, 0) is 18.9 Å². The lowest BCUT2D eigenvalue weighted by atomic mass is 9.95. The van der Waals surface area contributed by atoms with E-state index in [0.717, 1.165) is 24.0 Å². The Balaban J connectivity index is 1.84. The maximum Gasteiger partial charge on any atom is 0.184 e. The van der Waals surface area contributed by atoms with Crippen molar-refractivity contribution in [1.82, 2.24) is 0 Å². The molecule has 4 heteroatoms. The summed E-state index contributed by atoms with van der Waals surface area (Å²) in [7, 11) is 0. The van der Waals surface area contributed by atoms with Crippen LogP contribution in [0.5, 0.6) is 0 Å². The number of benzene rings is 1. The zero-order valence-electron chi connectivity index (χ0n) is 16.4. The summed E-state index contributed by atoms with van der Waals surface area (Å²) in [5, 5.41) is 0. The van der Waals surface area contributed by atoms with Gasteiger partial charge < -0.3 is 18.9 Å². The quantitative estimate of drug-likeness (QED) is 0.654. The summed E-state index contributed by atoms with van der Waals surface area (Å²) >= 11 is 0. The van der Waals surface area contributed by atoms with E-state index in [4.69, 9.17) is 18.9 Å². The lowest BCUT2D eigenvalue weighted by Crippen LogP contribution is -2.59. The number of rotatable bonds is 6. The summed E-state index contributed by atoms with van der Waals surface area (Å²) in [5.41, 5.74) is 1.93. The van der Waals surface area contributed by atoms with Crippen LogP contribution in [0.2, 0.25) is 0 Å². The zero-order valence-corrected chi connectivity index (χ0v) is 16.4. The van der Waals surface area contributed by atoms with Crippen LogP contribution in [0.4, 0.5) is 0 Å². The van der Waals surface area contributed by atoms with Crippen molar-refractivity contribution in [3.8, 4) is 0 Å². The van der Waals surface area contributed by atoms with Gasteiger partial charge in [-0.1, -0.05) is 75.1 Å². The second-order valence-corrected chi connectivity index (χ2v) is 6.84. The highest BCUT2D eigenvalue weighted by Gasteiger charge is 2.49. The summed E-state index contributed by atoms with van der Waals surface area (Å²) in [4.78, 5) is 0. The molecular weight excluding hydrogens is 340 g/mol. The topological polar surface area (TPSA) is 36.9 Å². The SMILES string of the molecule is C=C/C(=C\C=C/C)C1OC2C(CC)OC(c3ccccc3)OC2[C@@H](CC)O1. The molecule has 4 nitrogen and oxygen atoms in total. The van der Waals surface area contributed by atoms with Gasteiger partial charge in [0.15, 0.2) is 12.6 Å². The number of hydrogen-bond donors (Lipinski definition) is 0. The van der Waals surface area contributed by atoms with Crippen molar-refractivity contribution >= 4 is 0 Å². The molecule has 3 rings (SSSR count). The third-order valence-electron chi connectivity index (χ3n) is 5.08. The predicted molar refractivity (Wildman–Crippen MR) is 106 cm³/mol. The van der Waals surface area contributed by atoms with E-state index in [9.17, 15) is 0 Å². The summed E-state index contributed by atoms with van der Waals surface area (Å²) in [6.07, 6.45) is 8.08.